The van der Waals surface area contributed by atoms with Crippen LogP contribution in [0.25, 0.3) is 0 Å². The zero-order chi connectivity index (χ0) is 51.4. The van der Waals surface area contributed by atoms with Crippen molar-refractivity contribution in [3.05, 3.63) is 94.2 Å². The van der Waals surface area contributed by atoms with Gasteiger partial charge in [0.2, 0.25) is 0 Å². The second kappa shape index (κ2) is 21.8. The molecule has 8 aliphatic carbocycles. The van der Waals surface area contributed by atoms with Crippen LogP contribution >= 0.6 is 21.6 Å². The second-order valence-corrected chi connectivity index (χ2v) is 27.2. The van der Waals surface area contributed by atoms with E-state index in [-0.39, 0.29) is 53.2 Å². The van der Waals surface area contributed by atoms with Crippen LogP contribution in [0.15, 0.2) is 64.0 Å². The van der Waals surface area contributed by atoms with Gasteiger partial charge in [0, 0.05) is 85.4 Å². The minimum Gasteiger partial charge on any atom is -0.504 e. The molecule has 2 aromatic heterocycles. The van der Waals surface area contributed by atoms with Gasteiger partial charge in [0.15, 0.2) is 17.5 Å². The predicted molar refractivity (Wildman–Crippen MR) is 298 cm³/mol. The number of aromatic hydroxyl groups is 1. The number of phenolic OH excluding ortho intramolecular Hbond substituents is 1. The molecule has 15 atom stereocenters. The monoisotopic (exact) mass is 1050 g/mol. The van der Waals surface area contributed by atoms with E-state index in [1.165, 1.54) is 81.9 Å². The molecular formula is C60H86N6O6S2. The fourth-order valence-corrected chi connectivity index (χ4v) is 20.1. The number of H-pyrrole nitrogens is 1. The number of aliphatic imine (C=N–C) groups is 1. The van der Waals surface area contributed by atoms with Gasteiger partial charge in [-0.05, 0) is 171 Å². The van der Waals surface area contributed by atoms with Crippen LogP contribution in [-0.4, -0.2) is 87.8 Å². The molecule has 11 N–H and O–H groups in total. The molecule has 10 aliphatic rings. The van der Waals surface area contributed by atoms with Crippen LogP contribution in [0.5, 0.6) is 11.5 Å². The van der Waals surface area contributed by atoms with Crippen LogP contribution in [0.4, 0.5) is 0 Å². The highest BCUT2D eigenvalue weighted by Crippen LogP contribution is 2.72. The quantitative estimate of drug-likeness (QED) is 0.0285. The molecule has 13 rings (SSSR count). The number of phenols is 1. The SMILES string of the molecule is CN=C(N)NC1CSSCC2C(N)CC3CC(CCc4oc(CCc5ccc(O)c(OCC(O)c6cc7c([nH]6)C6C=CC8(CCCC8C68CCCC8)C7CNCC(C)O)c5)cc4CO)CCC24C=CC(CC34)C1C. The van der Waals surface area contributed by atoms with E-state index in [0.717, 1.165) is 65.7 Å². The highest BCUT2D eigenvalue weighted by atomic mass is 33.1. The van der Waals surface area contributed by atoms with E-state index >= 15 is 0 Å². The number of ether oxygens (including phenoxy) is 1. The number of nitrogens with two attached hydrogens (primary N) is 2. The Kier molecular flexibility index (Phi) is 15.5. The van der Waals surface area contributed by atoms with E-state index in [0.29, 0.717) is 78.4 Å². The number of aliphatic hydroxyl groups is 3. The van der Waals surface area contributed by atoms with Crippen LogP contribution in [0, 0.1) is 57.7 Å². The molecule has 4 saturated carbocycles. The Morgan fingerprint density at radius 2 is 1.78 bits per heavy atom. The number of aryl methyl sites for hydroxylation is 3. The average molecular weight is 1050 g/mol. The minimum absolute atomic E-state index is 0.00309. The molecule has 1 saturated heterocycles. The van der Waals surface area contributed by atoms with Crippen molar-refractivity contribution < 1.29 is 29.6 Å². The topological polar surface area (TPSA) is 208 Å². The summed E-state index contributed by atoms with van der Waals surface area (Å²) < 4.78 is 12.8. The van der Waals surface area contributed by atoms with Gasteiger partial charge in [0.05, 0.1) is 12.7 Å². The molecule has 0 amide bonds. The number of guanidine groups is 1. The summed E-state index contributed by atoms with van der Waals surface area (Å²) in [6, 6.07) is 10.2. The lowest BCUT2D eigenvalue weighted by Gasteiger charge is -2.56. The molecule has 15 unspecified atom stereocenters. The lowest BCUT2D eigenvalue weighted by Crippen LogP contribution is -2.56. The summed E-state index contributed by atoms with van der Waals surface area (Å²) >= 11 is 0. The average Bonchev–Trinajstić information content (AvgIpc) is 4.30. The van der Waals surface area contributed by atoms with Gasteiger partial charge < -0.3 is 56.7 Å². The maximum absolute atomic E-state index is 11.8. The Bertz CT molecular complexity index is 2540. The number of aromatic amines is 1. The van der Waals surface area contributed by atoms with Crippen molar-refractivity contribution in [3.8, 4) is 11.5 Å². The molecule has 404 valence electrons. The Hall–Kier alpha value is -3.37. The Morgan fingerprint density at radius 1 is 0.959 bits per heavy atom. The van der Waals surface area contributed by atoms with Crippen molar-refractivity contribution in [1.29, 1.82) is 0 Å². The zero-order valence-corrected chi connectivity index (χ0v) is 45.9. The lowest BCUT2D eigenvalue weighted by molar-refractivity contribution is -0.00529. The summed E-state index contributed by atoms with van der Waals surface area (Å²) in [5.41, 5.74) is 19.1. The van der Waals surface area contributed by atoms with Crippen LogP contribution in [-0.2, 0) is 25.9 Å². The van der Waals surface area contributed by atoms with Crippen molar-refractivity contribution in [3.63, 3.8) is 0 Å². The van der Waals surface area contributed by atoms with E-state index in [1.807, 2.05) is 46.7 Å². The van der Waals surface area contributed by atoms with Crippen molar-refractivity contribution in [2.45, 2.75) is 159 Å². The molecule has 74 heavy (non-hydrogen) atoms. The van der Waals surface area contributed by atoms with E-state index < -0.39 is 12.2 Å². The molecular weight excluding hydrogens is 965 g/mol. The summed E-state index contributed by atoms with van der Waals surface area (Å²) in [6.07, 6.45) is 26.8. The van der Waals surface area contributed by atoms with E-state index in [9.17, 15) is 20.4 Å². The molecule has 3 spiro atoms. The number of nitrogens with one attached hydrogen (secondary N) is 3. The molecule has 12 nitrogen and oxygen atoms in total. The summed E-state index contributed by atoms with van der Waals surface area (Å²) in [5, 5.41) is 50.7. The Labute approximate surface area is 448 Å². The van der Waals surface area contributed by atoms with Gasteiger partial charge in [-0.25, -0.2) is 0 Å². The molecule has 3 aromatic rings. The second-order valence-electron chi connectivity index (χ2n) is 24.6. The standard InChI is InChI=1S/C60H86N6O6S2/c1-35(68)29-64-30-46-43-28-49(65-56(43)44-16-22-60(46)19-6-7-55(60)59(44)17-4-5-18-59)52(70)32-71-54-24-37(9-12-51(54)69)8-11-42-25-41(31-67)53(72-42)13-10-38-14-20-58-21-15-39-26-45(58)40(23-38)27-48(61)47(58)33-73-74-34-50(36(39)2)66-57(62)63-3/h9,12,15-16,21-22,24-25,28,35-36,38-40,44-48,50,52,55,64-65,67-70H,4-8,10-11,13-14,17-20,23,26-27,29-34,61H2,1-3H3,(H3,62,63,66). The van der Waals surface area contributed by atoms with E-state index in [4.69, 9.17) is 20.6 Å². The first-order valence-electron chi connectivity index (χ1n) is 28.7. The van der Waals surface area contributed by atoms with Crippen LogP contribution in [0.2, 0.25) is 0 Å². The number of hydrogen-bond donors (Lipinski definition) is 9. The number of aliphatic hydroxyl groups excluding tert-OH is 3. The molecule has 0 radical (unpaired) electrons. The number of aromatic nitrogens is 1. The molecule has 2 aliphatic heterocycles. The highest BCUT2D eigenvalue weighted by molar-refractivity contribution is 8.76. The normalized spacial score (nSPS) is 35.7. The largest absolute Gasteiger partial charge is 0.504 e. The van der Waals surface area contributed by atoms with Gasteiger partial charge in [-0.1, -0.05) is 78.1 Å². The number of furan rings is 1. The fourth-order valence-electron chi connectivity index (χ4n) is 17.2. The summed E-state index contributed by atoms with van der Waals surface area (Å²) in [6.45, 7) is 5.52. The van der Waals surface area contributed by atoms with Crippen LogP contribution in [0.1, 0.15) is 155 Å². The van der Waals surface area contributed by atoms with Crippen molar-refractivity contribution in [1.82, 2.24) is 15.6 Å². The number of hydrogen-bond acceptors (Lipinski definition) is 11. The van der Waals surface area contributed by atoms with Gasteiger partial charge in [-0.15, -0.1) is 0 Å². The van der Waals surface area contributed by atoms with Gasteiger partial charge >= 0.3 is 0 Å². The van der Waals surface area contributed by atoms with Crippen molar-refractivity contribution >= 4 is 27.5 Å². The summed E-state index contributed by atoms with van der Waals surface area (Å²) in [7, 11) is 5.72. The number of allylic oxidation sites excluding steroid dienone is 4. The first-order valence-corrected chi connectivity index (χ1v) is 31.2. The van der Waals surface area contributed by atoms with Crippen LogP contribution in [0.3, 0.4) is 0 Å². The third-order valence-corrected chi connectivity index (χ3v) is 23.3. The molecule has 4 heterocycles. The number of fused-ring (bicyclic) bond motifs is 5. The maximum Gasteiger partial charge on any atom is 0.188 e. The van der Waals surface area contributed by atoms with Gasteiger partial charge in [-0.2, -0.15) is 0 Å². The molecule has 5 fully saturated rings. The Morgan fingerprint density at radius 3 is 2.59 bits per heavy atom. The predicted octanol–water partition coefficient (Wildman–Crippen LogP) is 9.58. The van der Waals surface area contributed by atoms with E-state index in [2.05, 4.69) is 57.9 Å². The molecule has 1 aromatic carbocycles. The van der Waals surface area contributed by atoms with E-state index in [1.54, 1.807) is 13.1 Å². The van der Waals surface area contributed by atoms with Crippen molar-refractivity contribution in [2.75, 3.05) is 38.2 Å². The van der Waals surface area contributed by atoms with Gasteiger partial charge in [-0.3, -0.25) is 4.99 Å². The first kappa shape index (κ1) is 52.7. The third-order valence-electron chi connectivity index (χ3n) is 20.9. The fraction of sp³-hybridized carbons (Fsp3) is 0.683. The van der Waals surface area contributed by atoms with Gasteiger partial charge in [0.1, 0.15) is 24.2 Å². The van der Waals surface area contributed by atoms with Crippen LogP contribution < -0.4 is 26.8 Å². The third kappa shape index (κ3) is 9.73. The smallest absolute Gasteiger partial charge is 0.188 e. The number of nitrogens with zero attached hydrogens (tertiary/aromatic N) is 1. The molecule has 7 bridgehead atoms. The lowest BCUT2D eigenvalue weighted by atomic mass is 9.50. The van der Waals surface area contributed by atoms with Gasteiger partial charge in [0.25, 0.3) is 0 Å². The molecule has 14 heteroatoms. The maximum atomic E-state index is 11.8. The highest BCUT2D eigenvalue weighted by Gasteiger charge is 2.64. The number of benzene rings is 1. The summed E-state index contributed by atoms with van der Waals surface area (Å²) in [4.78, 5) is 8.02. The zero-order valence-electron chi connectivity index (χ0n) is 44.3. The minimum atomic E-state index is -0.914. The van der Waals surface area contributed by atoms with Crippen molar-refractivity contribution in [2.24, 2.45) is 74.1 Å². The first-order chi connectivity index (χ1) is 35.8. The Balaban J connectivity index is 0.730. The summed E-state index contributed by atoms with van der Waals surface area (Å²) in [5.74, 6) is 9.09. The number of rotatable bonds is 16.